The van der Waals surface area contributed by atoms with E-state index >= 15 is 0 Å². The molecule has 0 bridgehead atoms. The van der Waals surface area contributed by atoms with E-state index in [9.17, 15) is 4.79 Å². The number of hydrogen-bond donors (Lipinski definition) is 3. The minimum atomic E-state index is -1.08. The summed E-state index contributed by atoms with van der Waals surface area (Å²) in [7, 11) is 0. The number of rotatable bonds is 8. The van der Waals surface area contributed by atoms with Crippen LogP contribution in [0.3, 0.4) is 0 Å². The second kappa shape index (κ2) is 12.6. The quantitative estimate of drug-likeness (QED) is 0.182. The monoisotopic (exact) mass is 596 g/mol. The first-order chi connectivity index (χ1) is 18.3. The van der Waals surface area contributed by atoms with Gasteiger partial charge in [0.2, 0.25) is 0 Å². The van der Waals surface area contributed by atoms with Gasteiger partial charge in [0.05, 0.1) is 16.4 Å². The average molecular weight is 598 g/mol. The van der Waals surface area contributed by atoms with Gasteiger partial charge in [-0.3, -0.25) is 4.79 Å². The maximum Gasteiger partial charge on any atom is 0.257 e. The summed E-state index contributed by atoms with van der Waals surface area (Å²) in [6.45, 7) is 2.30. The molecule has 3 heterocycles. The Morgan fingerprint density at radius 2 is 1.66 bits per heavy atom. The summed E-state index contributed by atoms with van der Waals surface area (Å²) in [4.78, 5) is 27.9. The Hall–Kier alpha value is -3.82. The largest absolute Gasteiger partial charge is 0.550 e. The number of halogens is 2. The van der Waals surface area contributed by atoms with Crippen LogP contribution in [-0.4, -0.2) is 35.0 Å². The summed E-state index contributed by atoms with van der Waals surface area (Å²) in [6.07, 6.45) is 4.85. The average Bonchev–Trinajstić information content (AvgIpc) is 3.49. The highest BCUT2D eigenvalue weighted by Gasteiger charge is 2.12. The molecule has 0 aliphatic rings. The van der Waals surface area contributed by atoms with Crippen LogP contribution in [0.15, 0.2) is 77.5 Å². The third-order valence-corrected chi connectivity index (χ3v) is 6.39. The van der Waals surface area contributed by atoms with Crippen molar-refractivity contribution in [3.63, 3.8) is 0 Å². The van der Waals surface area contributed by atoms with Crippen molar-refractivity contribution in [2.75, 3.05) is 13.2 Å². The van der Waals surface area contributed by atoms with Gasteiger partial charge < -0.3 is 29.9 Å². The highest BCUT2D eigenvalue weighted by Crippen LogP contribution is 2.33. The van der Waals surface area contributed by atoms with Crippen LogP contribution < -0.4 is 19.7 Å². The zero-order valence-corrected chi connectivity index (χ0v) is 22.9. The van der Waals surface area contributed by atoms with E-state index in [-0.39, 0.29) is 12.5 Å². The lowest BCUT2D eigenvalue weighted by atomic mass is 10.2. The van der Waals surface area contributed by atoms with Crippen LogP contribution in [-0.2, 0) is 16.1 Å². The normalized spacial score (nSPS) is 10.7. The Kier molecular flexibility index (Phi) is 9.04. The SMILES string of the molecule is CC(=O)[O-].O=C(COc1cc2[nH]c(-c3cc4ccc(Br)cc4[nH]3)cc2cc1Cl)NCCC[n+]1ccccc1. The highest BCUT2D eigenvalue weighted by molar-refractivity contribution is 9.10. The number of aliphatic carboxylic acids is 1. The molecule has 0 fully saturated rings. The van der Waals surface area contributed by atoms with Crippen molar-refractivity contribution >= 4 is 61.2 Å². The van der Waals surface area contributed by atoms with Crippen molar-refractivity contribution in [3.05, 3.63) is 82.6 Å². The number of fused-ring (bicyclic) bond motifs is 2. The van der Waals surface area contributed by atoms with Gasteiger partial charge >= 0.3 is 0 Å². The van der Waals surface area contributed by atoms with Gasteiger partial charge in [-0.25, -0.2) is 4.57 Å². The molecule has 5 aromatic rings. The van der Waals surface area contributed by atoms with Gasteiger partial charge in [0.25, 0.3) is 5.91 Å². The number of aromatic amines is 2. The first kappa shape index (κ1) is 27.2. The molecule has 8 nitrogen and oxygen atoms in total. The van der Waals surface area contributed by atoms with Crippen molar-refractivity contribution < 1.29 is 24.0 Å². The Bertz CT molecular complexity index is 1560. The first-order valence-corrected chi connectivity index (χ1v) is 13.1. The molecular weight excluding hydrogens is 572 g/mol. The molecule has 1 amide bonds. The fourth-order valence-corrected chi connectivity index (χ4v) is 4.49. The van der Waals surface area contributed by atoms with E-state index < -0.39 is 5.97 Å². The second-order valence-corrected chi connectivity index (χ2v) is 9.89. The summed E-state index contributed by atoms with van der Waals surface area (Å²) >= 11 is 9.94. The number of nitrogens with zero attached hydrogens (tertiary/aromatic N) is 1. The number of ether oxygens (including phenoxy) is 1. The molecule has 0 atom stereocenters. The maximum atomic E-state index is 12.2. The molecule has 38 heavy (non-hydrogen) atoms. The molecule has 0 aliphatic carbocycles. The van der Waals surface area contributed by atoms with Crippen LogP contribution in [0.4, 0.5) is 0 Å². The first-order valence-electron chi connectivity index (χ1n) is 11.9. The number of nitrogens with one attached hydrogen (secondary N) is 3. The van der Waals surface area contributed by atoms with Gasteiger partial charge in [0.15, 0.2) is 19.0 Å². The van der Waals surface area contributed by atoms with E-state index in [1.807, 2.05) is 54.9 Å². The fourth-order valence-electron chi connectivity index (χ4n) is 3.90. The number of H-pyrrole nitrogens is 2. The number of carbonyl (C=O) groups excluding carboxylic acids is 2. The van der Waals surface area contributed by atoms with Crippen molar-refractivity contribution in [1.82, 2.24) is 15.3 Å². The number of amides is 1. The summed E-state index contributed by atoms with van der Waals surface area (Å²) < 4.78 is 8.82. The van der Waals surface area contributed by atoms with Crippen molar-refractivity contribution in [2.45, 2.75) is 19.9 Å². The summed E-state index contributed by atoms with van der Waals surface area (Å²) in [5.41, 5.74) is 3.87. The minimum Gasteiger partial charge on any atom is -0.550 e. The van der Waals surface area contributed by atoms with Gasteiger partial charge in [0, 0.05) is 63.4 Å². The topological polar surface area (TPSA) is 114 Å². The van der Waals surface area contributed by atoms with Crippen LogP contribution >= 0.6 is 27.5 Å². The number of hydrogen-bond acceptors (Lipinski definition) is 4. The predicted octanol–water partition coefficient (Wildman–Crippen LogP) is 4.36. The van der Waals surface area contributed by atoms with Crippen LogP contribution in [0.25, 0.3) is 33.2 Å². The fraction of sp³-hybridized carbons (Fsp3) is 0.179. The zero-order valence-electron chi connectivity index (χ0n) is 20.6. The lowest BCUT2D eigenvalue weighted by Crippen LogP contribution is -2.36. The molecule has 0 aliphatic heterocycles. The van der Waals surface area contributed by atoms with E-state index in [1.165, 1.54) is 0 Å². The van der Waals surface area contributed by atoms with Crippen LogP contribution in [0.1, 0.15) is 13.3 Å². The molecule has 0 saturated carbocycles. The van der Waals surface area contributed by atoms with Gasteiger partial charge in [-0.2, -0.15) is 0 Å². The predicted molar refractivity (Wildman–Crippen MR) is 149 cm³/mol. The molecule has 0 saturated heterocycles. The van der Waals surface area contributed by atoms with Crippen LogP contribution in [0.5, 0.6) is 5.75 Å². The Morgan fingerprint density at radius 3 is 2.37 bits per heavy atom. The molecule has 0 radical (unpaired) electrons. The Balaban J connectivity index is 0.000000786. The van der Waals surface area contributed by atoms with Crippen molar-refractivity contribution in [3.8, 4) is 17.1 Å². The summed E-state index contributed by atoms with van der Waals surface area (Å²) in [6, 6.07) is 19.9. The van der Waals surface area contributed by atoms with Gasteiger partial charge in [-0.05, 0) is 37.3 Å². The van der Waals surface area contributed by atoms with E-state index in [2.05, 4.69) is 54.0 Å². The molecule has 0 unspecified atom stereocenters. The molecule has 2 aromatic carbocycles. The molecule has 0 spiro atoms. The summed E-state index contributed by atoms with van der Waals surface area (Å²) in [5.74, 6) is -0.788. The van der Waals surface area contributed by atoms with Gasteiger partial charge in [0.1, 0.15) is 12.3 Å². The van der Waals surface area contributed by atoms with Crippen LogP contribution in [0, 0.1) is 0 Å². The number of aromatic nitrogens is 3. The number of carbonyl (C=O) groups is 2. The van der Waals surface area contributed by atoms with Crippen molar-refractivity contribution in [1.29, 1.82) is 0 Å². The van der Waals surface area contributed by atoms with E-state index in [0.717, 1.165) is 57.6 Å². The third-order valence-electron chi connectivity index (χ3n) is 5.60. The highest BCUT2D eigenvalue weighted by atomic mass is 79.9. The van der Waals surface area contributed by atoms with Crippen LogP contribution in [0.2, 0.25) is 5.02 Å². The number of aryl methyl sites for hydroxylation is 1. The maximum absolute atomic E-state index is 12.2. The lowest BCUT2D eigenvalue weighted by molar-refractivity contribution is -0.697. The Labute approximate surface area is 232 Å². The van der Waals surface area contributed by atoms with Crippen molar-refractivity contribution in [2.24, 2.45) is 0 Å². The molecule has 196 valence electrons. The smallest absolute Gasteiger partial charge is 0.257 e. The Morgan fingerprint density at radius 1 is 1.00 bits per heavy atom. The van der Waals surface area contributed by atoms with E-state index in [4.69, 9.17) is 26.2 Å². The minimum absolute atomic E-state index is 0.0891. The number of pyridine rings is 1. The van der Waals surface area contributed by atoms with E-state index in [0.29, 0.717) is 17.3 Å². The number of benzene rings is 2. The van der Waals surface area contributed by atoms with Gasteiger partial charge in [-0.1, -0.05) is 39.7 Å². The molecule has 3 N–H and O–H groups in total. The number of carboxylic acid groups (broad SMARTS) is 1. The number of carboxylic acids is 1. The zero-order chi connectivity index (χ0) is 27.1. The van der Waals surface area contributed by atoms with Gasteiger partial charge in [-0.15, -0.1) is 0 Å². The third kappa shape index (κ3) is 7.36. The van der Waals surface area contributed by atoms with E-state index in [1.54, 1.807) is 0 Å². The standard InChI is InChI=1S/C26H22BrClN4O2.C2H4O2/c27-19-6-5-17-12-23(30-21(17)14-19)24-13-18-11-20(28)25(15-22(18)31-24)34-16-26(33)29-7-4-10-32-8-2-1-3-9-32;1-2(3)4/h1-3,5-6,8-9,11-15,30-31H,4,7,10,16H2;1H3,(H,3,4). The molecule has 3 aromatic heterocycles. The molecular formula is C28H26BrClN4O4. The summed E-state index contributed by atoms with van der Waals surface area (Å²) in [5, 5.41) is 14.3. The molecule has 5 rings (SSSR count). The lowest BCUT2D eigenvalue weighted by Gasteiger charge is -2.08. The molecule has 10 heteroatoms. The second-order valence-electron chi connectivity index (χ2n) is 8.56.